The highest BCUT2D eigenvalue weighted by atomic mass is 19.1. The smallest absolute Gasteiger partial charge is 0.261 e. The van der Waals surface area contributed by atoms with E-state index in [9.17, 15) is 14.0 Å². The lowest BCUT2D eigenvalue weighted by atomic mass is 10.1. The number of nitrogens with one attached hydrogen (secondary N) is 1. The number of rotatable bonds is 8. The quantitative estimate of drug-likeness (QED) is 0.775. The molecule has 0 saturated carbocycles. The lowest BCUT2D eigenvalue weighted by Gasteiger charge is -2.28. The Balaban J connectivity index is 2.14. The third-order valence-electron chi connectivity index (χ3n) is 4.18. The van der Waals surface area contributed by atoms with Gasteiger partial charge in [-0.05, 0) is 38.5 Å². The number of aryl methyl sites for hydroxylation is 1. The molecule has 0 spiro atoms. The van der Waals surface area contributed by atoms with E-state index in [0.29, 0.717) is 6.54 Å². The molecule has 0 aliphatic rings. The minimum absolute atomic E-state index is 0.00630. The molecule has 0 fully saturated rings. The number of likely N-dealkylation sites (N-methyl/N-ethyl adjacent to an activating group) is 1. The number of para-hydroxylation sites is 1. The summed E-state index contributed by atoms with van der Waals surface area (Å²) in [6.07, 6.45) is 0. The molecule has 6 heteroatoms. The van der Waals surface area contributed by atoms with Gasteiger partial charge in [-0.1, -0.05) is 42.0 Å². The van der Waals surface area contributed by atoms with Crippen LogP contribution in [-0.2, 0) is 16.1 Å². The molecule has 2 aromatic rings. The molecule has 1 atom stereocenters. The lowest BCUT2D eigenvalue weighted by Crippen LogP contribution is -2.49. The Hall–Kier alpha value is -2.89. The molecule has 0 bridgehead atoms. The first kappa shape index (κ1) is 20.4. The van der Waals surface area contributed by atoms with Gasteiger partial charge in [0.1, 0.15) is 6.04 Å². The average molecular weight is 372 g/mol. The van der Waals surface area contributed by atoms with Crippen LogP contribution < -0.4 is 10.1 Å². The number of ether oxygens (including phenoxy) is 1. The summed E-state index contributed by atoms with van der Waals surface area (Å²) in [6.45, 7) is 5.85. The molecule has 0 aromatic heterocycles. The highest BCUT2D eigenvalue weighted by molar-refractivity contribution is 5.87. The molecule has 5 nitrogen and oxygen atoms in total. The summed E-state index contributed by atoms with van der Waals surface area (Å²) in [4.78, 5) is 26.4. The molecular weight excluding hydrogens is 347 g/mol. The zero-order valence-corrected chi connectivity index (χ0v) is 15.9. The van der Waals surface area contributed by atoms with Crippen molar-refractivity contribution in [1.82, 2.24) is 10.2 Å². The summed E-state index contributed by atoms with van der Waals surface area (Å²) in [5.41, 5.74) is 2.01. The van der Waals surface area contributed by atoms with Crippen LogP contribution in [0.15, 0.2) is 48.5 Å². The summed E-state index contributed by atoms with van der Waals surface area (Å²) in [7, 11) is 0. The van der Waals surface area contributed by atoms with Gasteiger partial charge in [-0.25, -0.2) is 4.39 Å². The van der Waals surface area contributed by atoms with E-state index < -0.39 is 17.8 Å². The van der Waals surface area contributed by atoms with Crippen LogP contribution in [0.1, 0.15) is 25.0 Å². The second-order valence-corrected chi connectivity index (χ2v) is 6.30. The molecule has 2 amide bonds. The largest absolute Gasteiger partial charge is 0.481 e. The van der Waals surface area contributed by atoms with Crippen LogP contribution >= 0.6 is 0 Å². The lowest BCUT2D eigenvalue weighted by molar-refractivity contribution is -0.142. The van der Waals surface area contributed by atoms with Gasteiger partial charge in [0.2, 0.25) is 5.91 Å². The van der Waals surface area contributed by atoms with E-state index in [-0.39, 0.29) is 24.8 Å². The molecule has 2 aromatic carbocycles. The predicted molar refractivity (Wildman–Crippen MR) is 102 cm³/mol. The molecule has 0 saturated heterocycles. The van der Waals surface area contributed by atoms with Gasteiger partial charge in [-0.2, -0.15) is 0 Å². The molecule has 27 heavy (non-hydrogen) atoms. The Morgan fingerprint density at radius 2 is 1.81 bits per heavy atom. The molecule has 0 aliphatic carbocycles. The van der Waals surface area contributed by atoms with E-state index in [1.165, 1.54) is 17.0 Å². The minimum atomic E-state index is -0.678. The van der Waals surface area contributed by atoms with Crippen molar-refractivity contribution in [2.75, 3.05) is 13.2 Å². The number of amides is 2. The first-order valence-electron chi connectivity index (χ1n) is 8.92. The van der Waals surface area contributed by atoms with E-state index in [1.54, 1.807) is 19.1 Å². The number of hydrogen-bond donors (Lipinski definition) is 1. The molecule has 1 N–H and O–H groups in total. The minimum Gasteiger partial charge on any atom is -0.481 e. The fraction of sp³-hybridized carbons (Fsp3) is 0.333. The van der Waals surface area contributed by atoms with Crippen molar-refractivity contribution in [2.24, 2.45) is 0 Å². The van der Waals surface area contributed by atoms with Crippen LogP contribution in [0.4, 0.5) is 4.39 Å². The van der Waals surface area contributed by atoms with Crippen LogP contribution in [0.2, 0.25) is 0 Å². The second-order valence-electron chi connectivity index (χ2n) is 6.30. The molecular formula is C21H25FN2O3. The Morgan fingerprint density at radius 3 is 2.44 bits per heavy atom. The third-order valence-corrected chi connectivity index (χ3v) is 4.18. The Kier molecular flexibility index (Phi) is 7.34. The normalized spacial score (nSPS) is 11.6. The molecule has 0 aliphatic heterocycles. The summed E-state index contributed by atoms with van der Waals surface area (Å²) < 4.78 is 19.0. The highest BCUT2D eigenvalue weighted by Crippen LogP contribution is 2.16. The summed E-state index contributed by atoms with van der Waals surface area (Å²) in [5, 5.41) is 2.72. The fourth-order valence-corrected chi connectivity index (χ4v) is 2.58. The van der Waals surface area contributed by atoms with Crippen molar-refractivity contribution >= 4 is 11.8 Å². The number of carbonyl (C=O) groups is 2. The third kappa shape index (κ3) is 5.81. The van der Waals surface area contributed by atoms with Gasteiger partial charge in [0.05, 0.1) is 0 Å². The van der Waals surface area contributed by atoms with Gasteiger partial charge >= 0.3 is 0 Å². The van der Waals surface area contributed by atoms with E-state index in [2.05, 4.69) is 5.32 Å². The van der Waals surface area contributed by atoms with Crippen LogP contribution in [0.3, 0.4) is 0 Å². The van der Waals surface area contributed by atoms with E-state index in [1.807, 2.05) is 38.1 Å². The Labute approximate surface area is 159 Å². The van der Waals surface area contributed by atoms with Crippen LogP contribution in [0.5, 0.6) is 5.75 Å². The fourth-order valence-electron chi connectivity index (χ4n) is 2.58. The zero-order valence-electron chi connectivity index (χ0n) is 15.9. The number of benzene rings is 2. The summed E-state index contributed by atoms with van der Waals surface area (Å²) in [5.74, 6) is -1.17. The first-order chi connectivity index (χ1) is 12.9. The molecule has 2 rings (SSSR count). The maximum absolute atomic E-state index is 13.7. The maximum atomic E-state index is 13.7. The molecule has 0 radical (unpaired) electrons. The van der Waals surface area contributed by atoms with Gasteiger partial charge in [0.25, 0.3) is 5.91 Å². The monoisotopic (exact) mass is 372 g/mol. The Morgan fingerprint density at radius 1 is 1.15 bits per heavy atom. The second kappa shape index (κ2) is 9.71. The van der Waals surface area contributed by atoms with E-state index in [0.717, 1.165) is 11.1 Å². The first-order valence-corrected chi connectivity index (χ1v) is 8.92. The summed E-state index contributed by atoms with van der Waals surface area (Å²) >= 11 is 0. The average Bonchev–Trinajstić information content (AvgIpc) is 2.66. The van der Waals surface area contributed by atoms with Gasteiger partial charge < -0.3 is 15.0 Å². The Bertz CT molecular complexity index is 777. The number of nitrogens with zero attached hydrogens (tertiary/aromatic N) is 1. The van der Waals surface area contributed by atoms with Crippen LogP contribution in [0, 0.1) is 12.7 Å². The zero-order chi connectivity index (χ0) is 19.8. The van der Waals surface area contributed by atoms with Gasteiger partial charge in [0, 0.05) is 13.1 Å². The maximum Gasteiger partial charge on any atom is 0.261 e. The van der Waals surface area contributed by atoms with Gasteiger partial charge in [-0.15, -0.1) is 0 Å². The van der Waals surface area contributed by atoms with E-state index in [4.69, 9.17) is 4.74 Å². The topological polar surface area (TPSA) is 58.6 Å². The van der Waals surface area contributed by atoms with Crippen molar-refractivity contribution in [3.63, 3.8) is 0 Å². The van der Waals surface area contributed by atoms with Crippen molar-refractivity contribution in [3.8, 4) is 5.75 Å². The summed E-state index contributed by atoms with van der Waals surface area (Å²) in [6, 6.07) is 12.9. The standard InChI is InChI=1S/C21H25FN2O3/c1-4-23-21(26)16(3)24(13-17-11-9-15(2)10-12-17)20(25)14-27-19-8-6-5-7-18(19)22/h5-12,16H,4,13-14H2,1-3H3,(H,23,26)/t16-/m0/s1. The number of carbonyl (C=O) groups excluding carboxylic acids is 2. The van der Waals surface area contributed by atoms with Crippen LogP contribution in [0.25, 0.3) is 0 Å². The van der Waals surface area contributed by atoms with Crippen molar-refractivity contribution < 1.29 is 18.7 Å². The van der Waals surface area contributed by atoms with Crippen molar-refractivity contribution in [1.29, 1.82) is 0 Å². The highest BCUT2D eigenvalue weighted by Gasteiger charge is 2.26. The number of halogens is 1. The van der Waals surface area contributed by atoms with Gasteiger partial charge in [-0.3, -0.25) is 9.59 Å². The van der Waals surface area contributed by atoms with Crippen molar-refractivity contribution in [3.05, 3.63) is 65.5 Å². The molecule has 0 heterocycles. The molecule has 0 unspecified atom stereocenters. The predicted octanol–water partition coefficient (Wildman–Crippen LogP) is 3.07. The van der Waals surface area contributed by atoms with E-state index >= 15 is 0 Å². The number of hydrogen-bond acceptors (Lipinski definition) is 3. The van der Waals surface area contributed by atoms with Crippen LogP contribution in [-0.4, -0.2) is 35.9 Å². The SMILES string of the molecule is CCNC(=O)[C@H](C)N(Cc1ccc(C)cc1)C(=O)COc1ccccc1F. The molecule has 144 valence electrons. The van der Waals surface area contributed by atoms with Crippen molar-refractivity contribution in [2.45, 2.75) is 33.4 Å². The van der Waals surface area contributed by atoms with Gasteiger partial charge in [0.15, 0.2) is 18.2 Å².